The SMILES string of the molecule is C=CCN1C(=O)CCCC12CCCN(C(=O)c1ccc3ncccc3c1)C2. The number of likely N-dealkylation sites (tertiary alicyclic amines) is 2. The van der Waals surface area contributed by atoms with Crippen molar-refractivity contribution in [2.75, 3.05) is 19.6 Å². The third-order valence-corrected chi connectivity index (χ3v) is 5.91. The Labute approximate surface area is 159 Å². The summed E-state index contributed by atoms with van der Waals surface area (Å²) >= 11 is 0. The molecule has 2 amide bonds. The van der Waals surface area contributed by atoms with Crippen LogP contribution in [0, 0.1) is 0 Å². The Balaban J connectivity index is 1.60. The van der Waals surface area contributed by atoms with Crippen molar-refractivity contribution in [1.82, 2.24) is 14.8 Å². The van der Waals surface area contributed by atoms with Gasteiger partial charge in [-0.15, -0.1) is 6.58 Å². The Morgan fingerprint density at radius 3 is 2.96 bits per heavy atom. The predicted octanol–water partition coefficient (Wildman–Crippen LogP) is 3.41. The van der Waals surface area contributed by atoms with Crippen LogP contribution in [0.5, 0.6) is 0 Å². The molecule has 1 spiro atoms. The fraction of sp³-hybridized carbons (Fsp3) is 0.409. The number of hydrogen-bond donors (Lipinski definition) is 0. The van der Waals surface area contributed by atoms with Crippen molar-refractivity contribution in [2.45, 2.75) is 37.6 Å². The number of amides is 2. The summed E-state index contributed by atoms with van der Waals surface area (Å²) in [5.74, 6) is 0.226. The first-order chi connectivity index (χ1) is 13.1. The molecule has 2 saturated heterocycles. The van der Waals surface area contributed by atoms with E-state index in [1.165, 1.54) is 0 Å². The minimum Gasteiger partial charge on any atom is -0.336 e. The lowest BCUT2D eigenvalue weighted by Gasteiger charge is -2.52. The van der Waals surface area contributed by atoms with Gasteiger partial charge in [0.2, 0.25) is 5.91 Å². The van der Waals surface area contributed by atoms with E-state index in [1.807, 2.05) is 40.1 Å². The minimum absolute atomic E-state index is 0.0383. The topological polar surface area (TPSA) is 53.5 Å². The van der Waals surface area contributed by atoms with E-state index in [-0.39, 0.29) is 17.4 Å². The fourth-order valence-corrected chi connectivity index (χ4v) is 4.63. The smallest absolute Gasteiger partial charge is 0.253 e. The largest absolute Gasteiger partial charge is 0.336 e. The van der Waals surface area contributed by atoms with E-state index in [9.17, 15) is 9.59 Å². The molecule has 2 aliphatic heterocycles. The molecule has 0 aliphatic carbocycles. The number of pyridine rings is 1. The second kappa shape index (κ2) is 7.14. The van der Waals surface area contributed by atoms with Gasteiger partial charge in [-0.05, 0) is 49.9 Å². The Bertz CT molecular complexity index is 890. The Morgan fingerprint density at radius 1 is 1.26 bits per heavy atom. The zero-order valence-electron chi connectivity index (χ0n) is 15.6. The van der Waals surface area contributed by atoms with Gasteiger partial charge in [-0.25, -0.2) is 0 Å². The summed E-state index contributed by atoms with van der Waals surface area (Å²) in [4.78, 5) is 33.9. The highest BCUT2D eigenvalue weighted by atomic mass is 16.2. The number of piperidine rings is 2. The van der Waals surface area contributed by atoms with E-state index >= 15 is 0 Å². The van der Waals surface area contributed by atoms with Gasteiger partial charge in [-0.2, -0.15) is 0 Å². The average Bonchev–Trinajstić information content (AvgIpc) is 2.70. The maximum absolute atomic E-state index is 13.2. The minimum atomic E-state index is -0.240. The molecular formula is C22H25N3O2. The molecular weight excluding hydrogens is 338 g/mol. The normalized spacial score (nSPS) is 23.0. The summed E-state index contributed by atoms with van der Waals surface area (Å²) in [5.41, 5.74) is 1.33. The Kier molecular flexibility index (Phi) is 4.68. The molecule has 1 atom stereocenters. The van der Waals surface area contributed by atoms with Crippen LogP contribution in [0.1, 0.15) is 42.5 Å². The molecule has 2 fully saturated rings. The third kappa shape index (κ3) is 3.22. The van der Waals surface area contributed by atoms with Gasteiger partial charge < -0.3 is 9.80 Å². The van der Waals surface area contributed by atoms with Gasteiger partial charge in [-0.1, -0.05) is 12.1 Å². The van der Waals surface area contributed by atoms with Gasteiger partial charge in [0.15, 0.2) is 0 Å². The number of carbonyl (C=O) groups excluding carboxylic acids is 2. The van der Waals surface area contributed by atoms with Crippen molar-refractivity contribution in [3.05, 3.63) is 54.7 Å². The van der Waals surface area contributed by atoms with E-state index in [0.717, 1.165) is 43.1 Å². The van der Waals surface area contributed by atoms with Crippen LogP contribution in [-0.4, -0.2) is 51.8 Å². The van der Waals surface area contributed by atoms with Crippen LogP contribution in [-0.2, 0) is 4.79 Å². The Morgan fingerprint density at radius 2 is 2.11 bits per heavy atom. The first-order valence-corrected chi connectivity index (χ1v) is 9.68. The number of aromatic nitrogens is 1. The summed E-state index contributed by atoms with van der Waals surface area (Å²) < 4.78 is 0. The molecule has 3 heterocycles. The zero-order chi connectivity index (χ0) is 18.9. The van der Waals surface area contributed by atoms with Gasteiger partial charge in [-0.3, -0.25) is 14.6 Å². The van der Waals surface area contributed by atoms with Crippen LogP contribution in [0.2, 0.25) is 0 Å². The van der Waals surface area contributed by atoms with Gasteiger partial charge in [0, 0.05) is 43.2 Å². The molecule has 140 valence electrons. The van der Waals surface area contributed by atoms with Gasteiger partial charge in [0.1, 0.15) is 0 Å². The Hall–Kier alpha value is -2.69. The fourth-order valence-electron chi connectivity index (χ4n) is 4.63. The number of carbonyl (C=O) groups is 2. The molecule has 2 aromatic rings. The van der Waals surface area contributed by atoms with Gasteiger partial charge in [0.05, 0.1) is 11.1 Å². The molecule has 2 aliphatic rings. The predicted molar refractivity (Wildman–Crippen MR) is 105 cm³/mol. The van der Waals surface area contributed by atoms with E-state index in [0.29, 0.717) is 25.1 Å². The van der Waals surface area contributed by atoms with Crippen molar-refractivity contribution in [3.8, 4) is 0 Å². The lowest BCUT2D eigenvalue weighted by molar-refractivity contribution is -0.143. The standard InChI is InChI=1S/C22H25N3O2/c1-2-13-25-20(26)7-3-10-22(25)11-5-14-24(16-22)21(27)18-8-9-19-17(15-18)6-4-12-23-19/h2,4,6,8-9,12,15H,1,3,5,7,10-11,13-14,16H2. The van der Waals surface area contributed by atoms with Crippen molar-refractivity contribution in [3.63, 3.8) is 0 Å². The number of nitrogens with zero attached hydrogens (tertiary/aromatic N) is 3. The van der Waals surface area contributed by atoms with Crippen LogP contribution in [0.25, 0.3) is 10.9 Å². The summed E-state index contributed by atoms with van der Waals surface area (Å²) in [6, 6.07) is 9.53. The zero-order valence-corrected chi connectivity index (χ0v) is 15.6. The summed E-state index contributed by atoms with van der Waals surface area (Å²) in [7, 11) is 0. The summed E-state index contributed by atoms with van der Waals surface area (Å²) in [6.07, 6.45) is 7.88. The van der Waals surface area contributed by atoms with E-state index in [2.05, 4.69) is 11.6 Å². The molecule has 5 heteroatoms. The summed E-state index contributed by atoms with van der Waals surface area (Å²) in [6.45, 7) is 5.72. The molecule has 0 radical (unpaired) electrons. The van der Waals surface area contributed by atoms with E-state index in [1.54, 1.807) is 12.3 Å². The maximum atomic E-state index is 13.2. The number of benzene rings is 1. The van der Waals surface area contributed by atoms with Crippen LogP contribution >= 0.6 is 0 Å². The lowest BCUT2D eigenvalue weighted by Crippen LogP contribution is -2.63. The average molecular weight is 363 g/mol. The van der Waals surface area contributed by atoms with Gasteiger partial charge in [0.25, 0.3) is 5.91 Å². The van der Waals surface area contributed by atoms with Crippen LogP contribution in [0.15, 0.2) is 49.2 Å². The third-order valence-electron chi connectivity index (χ3n) is 5.91. The van der Waals surface area contributed by atoms with Crippen molar-refractivity contribution >= 4 is 22.7 Å². The van der Waals surface area contributed by atoms with Crippen LogP contribution in [0.3, 0.4) is 0 Å². The first kappa shape index (κ1) is 17.7. The highest BCUT2D eigenvalue weighted by Crippen LogP contribution is 2.37. The molecule has 27 heavy (non-hydrogen) atoms. The number of hydrogen-bond acceptors (Lipinski definition) is 3. The molecule has 0 N–H and O–H groups in total. The van der Waals surface area contributed by atoms with Gasteiger partial charge >= 0.3 is 0 Å². The molecule has 1 unspecified atom stereocenters. The molecule has 4 rings (SSSR count). The second-order valence-corrected chi connectivity index (χ2v) is 7.61. The lowest BCUT2D eigenvalue weighted by atomic mass is 9.79. The maximum Gasteiger partial charge on any atom is 0.253 e. The van der Waals surface area contributed by atoms with Crippen molar-refractivity contribution in [2.24, 2.45) is 0 Å². The number of rotatable bonds is 3. The second-order valence-electron chi connectivity index (χ2n) is 7.61. The van der Waals surface area contributed by atoms with Crippen molar-refractivity contribution < 1.29 is 9.59 Å². The van der Waals surface area contributed by atoms with E-state index in [4.69, 9.17) is 0 Å². The molecule has 0 saturated carbocycles. The van der Waals surface area contributed by atoms with E-state index < -0.39 is 0 Å². The number of fused-ring (bicyclic) bond motifs is 1. The molecule has 1 aromatic carbocycles. The van der Waals surface area contributed by atoms with Crippen LogP contribution in [0.4, 0.5) is 0 Å². The van der Waals surface area contributed by atoms with Crippen molar-refractivity contribution in [1.29, 1.82) is 0 Å². The quantitative estimate of drug-likeness (QED) is 0.786. The monoisotopic (exact) mass is 363 g/mol. The molecule has 0 bridgehead atoms. The first-order valence-electron chi connectivity index (χ1n) is 9.68. The molecule has 5 nitrogen and oxygen atoms in total. The van der Waals surface area contributed by atoms with Crippen LogP contribution < -0.4 is 0 Å². The highest BCUT2D eigenvalue weighted by Gasteiger charge is 2.45. The highest BCUT2D eigenvalue weighted by molar-refractivity contribution is 5.98. The molecule has 1 aromatic heterocycles. The summed E-state index contributed by atoms with van der Waals surface area (Å²) in [5, 5.41) is 0.969.